The van der Waals surface area contributed by atoms with Crippen molar-refractivity contribution in [2.24, 2.45) is 5.41 Å². The van der Waals surface area contributed by atoms with Crippen molar-refractivity contribution in [3.05, 3.63) is 21.3 Å². The van der Waals surface area contributed by atoms with E-state index in [1.165, 1.54) is 6.08 Å². The summed E-state index contributed by atoms with van der Waals surface area (Å²) in [5.41, 5.74) is -4.33. The molecule has 112 valence electrons. The minimum Gasteiger partial charge on any atom is -0.484 e. The summed E-state index contributed by atoms with van der Waals surface area (Å²) in [6.07, 6.45) is 2.41. The van der Waals surface area contributed by atoms with Crippen LogP contribution in [0.3, 0.4) is 0 Å². The molecule has 1 amide bonds. The number of hydrogen-bond donors (Lipinski definition) is 2. The number of ether oxygens (including phenoxy) is 1. The maximum absolute atomic E-state index is 11.6. The molecular weight excluding hydrogens is 352 g/mol. The van der Waals surface area contributed by atoms with Crippen LogP contribution in [0, 0.1) is 5.41 Å². The summed E-state index contributed by atoms with van der Waals surface area (Å²) in [7, 11) is 0. The van der Waals surface area contributed by atoms with Gasteiger partial charge >= 0.3 is 5.97 Å². The molecule has 1 rings (SSSR count). The Morgan fingerprint density at radius 1 is 1.20 bits per heavy atom. The van der Waals surface area contributed by atoms with Gasteiger partial charge in [0.05, 0.1) is 0 Å². The summed E-state index contributed by atoms with van der Waals surface area (Å²) < 4.78 is 4.94. The zero-order valence-electron chi connectivity index (χ0n) is 10.4. The third kappa shape index (κ3) is 2.26. The third-order valence-electron chi connectivity index (χ3n) is 3.60. The van der Waals surface area contributed by atoms with E-state index >= 15 is 0 Å². The van der Waals surface area contributed by atoms with Gasteiger partial charge < -0.3 is 15.2 Å². The number of carbonyl (C=O) groups is 2. The number of halogens is 4. The molecule has 0 bridgehead atoms. The summed E-state index contributed by atoms with van der Waals surface area (Å²) >= 11 is 22.2. The fraction of sp³-hybridized carbons (Fsp3) is 0.455. The molecule has 5 nitrogen and oxygen atoms in total. The monoisotopic (exact) mass is 361 g/mol. The van der Waals surface area contributed by atoms with Crippen LogP contribution in [0.25, 0.3) is 0 Å². The van der Waals surface area contributed by atoms with Gasteiger partial charge in [0.25, 0.3) is 0 Å². The molecule has 9 heteroatoms. The third-order valence-corrected chi connectivity index (χ3v) is 4.00. The fourth-order valence-corrected chi connectivity index (χ4v) is 2.98. The first-order chi connectivity index (χ1) is 9.09. The molecule has 0 saturated heterocycles. The Morgan fingerprint density at radius 3 is 2.10 bits per heavy atom. The number of carbonyl (C=O) groups excluding carboxylic acids is 1. The zero-order valence-corrected chi connectivity index (χ0v) is 13.4. The first-order valence-electron chi connectivity index (χ1n) is 5.26. The van der Waals surface area contributed by atoms with E-state index < -0.39 is 22.5 Å². The van der Waals surface area contributed by atoms with E-state index in [0.29, 0.717) is 0 Å². The summed E-state index contributed by atoms with van der Waals surface area (Å²) in [6.45, 7) is 3.14. The minimum absolute atomic E-state index is 0.215. The van der Waals surface area contributed by atoms with Crippen LogP contribution in [0.1, 0.15) is 13.8 Å². The van der Waals surface area contributed by atoms with Gasteiger partial charge in [-0.3, -0.25) is 4.79 Å². The lowest BCUT2D eigenvalue weighted by atomic mass is 10.0. The van der Waals surface area contributed by atoms with E-state index in [1.54, 1.807) is 13.8 Å². The van der Waals surface area contributed by atoms with Crippen molar-refractivity contribution in [1.82, 2.24) is 5.32 Å². The Balaban J connectivity index is 3.44. The Morgan fingerprint density at radius 2 is 1.75 bits per heavy atom. The van der Waals surface area contributed by atoms with Gasteiger partial charge in [0.1, 0.15) is 15.2 Å². The number of rotatable bonds is 6. The van der Waals surface area contributed by atoms with E-state index in [1.807, 2.05) is 0 Å². The van der Waals surface area contributed by atoms with Crippen molar-refractivity contribution in [3.8, 4) is 0 Å². The highest BCUT2D eigenvalue weighted by Crippen LogP contribution is 2.68. The Labute approximate surface area is 135 Å². The van der Waals surface area contributed by atoms with Crippen molar-refractivity contribution < 1.29 is 19.4 Å². The largest absolute Gasteiger partial charge is 0.484 e. The highest BCUT2D eigenvalue weighted by atomic mass is 35.5. The quantitative estimate of drug-likeness (QED) is 0.562. The van der Waals surface area contributed by atoms with Crippen LogP contribution in [0.15, 0.2) is 21.3 Å². The molecule has 0 aromatic carbocycles. The van der Waals surface area contributed by atoms with Crippen molar-refractivity contribution in [2.45, 2.75) is 25.0 Å². The molecule has 0 spiro atoms. The number of nitrogens with one attached hydrogen (secondary N) is 1. The zero-order chi connectivity index (χ0) is 15.8. The highest BCUT2D eigenvalue weighted by molar-refractivity contribution is 6.56. The minimum atomic E-state index is -1.75. The van der Waals surface area contributed by atoms with Gasteiger partial charge in [0.2, 0.25) is 6.41 Å². The molecule has 0 aromatic heterocycles. The van der Waals surface area contributed by atoms with E-state index in [2.05, 4.69) is 5.32 Å². The van der Waals surface area contributed by atoms with Crippen LogP contribution in [0.5, 0.6) is 0 Å². The highest BCUT2D eigenvalue weighted by Gasteiger charge is 2.89. The van der Waals surface area contributed by atoms with E-state index in [-0.39, 0.29) is 15.4 Å². The summed E-state index contributed by atoms with van der Waals surface area (Å²) in [5.74, 6) is -1.31. The first kappa shape index (κ1) is 17.4. The fourth-order valence-electron chi connectivity index (χ4n) is 2.58. The number of carboxylic acid groups (broad SMARTS) is 1. The molecule has 20 heavy (non-hydrogen) atoms. The molecule has 0 unspecified atom stereocenters. The van der Waals surface area contributed by atoms with Gasteiger partial charge in [-0.2, -0.15) is 0 Å². The first-order valence-corrected chi connectivity index (χ1v) is 6.78. The van der Waals surface area contributed by atoms with Crippen molar-refractivity contribution in [1.29, 1.82) is 0 Å². The Bertz CT molecular complexity index is 497. The number of hydrogen-bond acceptors (Lipinski definition) is 3. The second-order valence-corrected chi connectivity index (χ2v) is 6.65. The molecule has 1 aliphatic rings. The predicted octanol–water partition coefficient (Wildman–Crippen LogP) is 2.95. The van der Waals surface area contributed by atoms with E-state index in [0.717, 1.165) is 6.26 Å². The van der Waals surface area contributed by atoms with Crippen molar-refractivity contribution >= 4 is 58.8 Å². The summed E-state index contributed by atoms with van der Waals surface area (Å²) in [4.78, 5) is 22.4. The molecular formula is C11H11Cl4NO4. The predicted molar refractivity (Wildman–Crippen MR) is 76.7 cm³/mol. The van der Waals surface area contributed by atoms with Gasteiger partial charge in [-0.25, -0.2) is 4.79 Å². The van der Waals surface area contributed by atoms with E-state index in [4.69, 9.17) is 51.1 Å². The van der Waals surface area contributed by atoms with Gasteiger partial charge in [-0.05, 0) is 6.08 Å². The lowest BCUT2D eigenvalue weighted by Crippen LogP contribution is -2.47. The summed E-state index contributed by atoms with van der Waals surface area (Å²) in [6, 6.07) is 0. The second-order valence-electron chi connectivity index (χ2n) is 4.64. The molecule has 1 aliphatic carbocycles. The number of carboxylic acids is 1. The van der Waals surface area contributed by atoms with Gasteiger partial charge in [0.15, 0.2) is 11.1 Å². The number of amides is 1. The standard InChI is InChI=1S/C11H11Cl4NO4/c1-9(2)10(3-6(12)13,20-4-7(14)15)11(9,8(18)19)16-5-17/h3-5H,1-2H3,(H,16,17)(H,18,19)/t10-,11-/m1/s1. The average molecular weight is 363 g/mol. The van der Waals surface area contributed by atoms with Crippen LogP contribution in [-0.2, 0) is 14.3 Å². The van der Waals surface area contributed by atoms with Gasteiger partial charge in [0, 0.05) is 5.41 Å². The van der Waals surface area contributed by atoms with Gasteiger partial charge in [-0.15, -0.1) is 0 Å². The van der Waals surface area contributed by atoms with Crippen LogP contribution in [0.2, 0.25) is 0 Å². The van der Waals surface area contributed by atoms with Crippen LogP contribution in [-0.4, -0.2) is 28.6 Å². The van der Waals surface area contributed by atoms with Crippen LogP contribution < -0.4 is 5.32 Å². The van der Waals surface area contributed by atoms with E-state index in [9.17, 15) is 14.7 Å². The number of aliphatic carboxylic acids is 1. The molecule has 0 aromatic rings. The maximum atomic E-state index is 11.6. The molecule has 0 aliphatic heterocycles. The Kier molecular flexibility index (Phi) is 4.91. The smallest absolute Gasteiger partial charge is 0.334 e. The molecule has 0 heterocycles. The van der Waals surface area contributed by atoms with Gasteiger partial charge in [-0.1, -0.05) is 60.3 Å². The normalized spacial score (nSPS) is 29.9. The van der Waals surface area contributed by atoms with Crippen molar-refractivity contribution in [3.63, 3.8) is 0 Å². The molecule has 0 radical (unpaired) electrons. The maximum Gasteiger partial charge on any atom is 0.334 e. The molecule has 2 atom stereocenters. The lowest BCUT2D eigenvalue weighted by molar-refractivity contribution is -0.144. The average Bonchev–Trinajstić information content (AvgIpc) is 2.69. The molecule has 1 saturated carbocycles. The molecule has 2 N–H and O–H groups in total. The van der Waals surface area contributed by atoms with Crippen LogP contribution >= 0.6 is 46.4 Å². The topological polar surface area (TPSA) is 75.6 Å². The Hall–Kier alpha value is -0.620. The lowest BCUT2D eigenvalue weighted by Gasteiger charge is -2.18. The van der Waals surface area contributed by atoms with Crippen LogP contribution in [0.4, 0.5) is 0 Å². The summed E-state index contributed by atoms with van der Waals surface area (Å²) in [5, 5.41) is 11.7. The second kappa shape index (κ2) is 5.64. The van der Waals surface area contributed by atoms with Crippen molar-refractivity contribution in [2.75, 3.05) is 0 Å². The SMILES string of the molecule is CC1(C)[C@](NC=O)(C(=O)O)[C@]1(C=C(Cl)Cl)OC=C(Cl)Cl. The molecule has 1 fully saturated rings.